The van der Waals surface area contributed by atoms with E-state index in [1.807, 2.05) is 18.7 Å². The Morgan fingerprint density at radius 1 is 1.23 bits per heavy atom. The van der Waals surface area contributed by atoms with Gasteiger partial charge in [0.1, 0.15) is 0 Å². The number of thioether (sulfide) groups is 1. The molecule has 0 saturated carbocycles. The molecule has 0 spiro atoms. The number of ether oxygens (including phenoxy) is 1. The van der Waals surface area contributed by atoms with E-state index in [1.54, 1.807) is 0 Å². The highest BCUT2D eigenvalue weighted by Gasteiger charge is 2.39. The molecule has 5 heteroatoms. The molecule has 2 nitrogen and oxygen atoms in total. The molecule has 0 fully saturated rings. The molecule has 0 radical (unpaired) electrons. The number of carbonyl (C=O) groups is 1. The third kappa shape index (κ3) is 7.28. The number of alkyl halides is 1. The summed E-state index contributed by atoms with van der Waals surface area (Å²) in [4.78, 5) is 11.4. The second-order valence-corrected chi connectivity index (χ2v) is 11.1. The Kier molecular flexibility index (Phi) is 11.1. The van der Waals surface area contributed by atoms with Crippen molar-refractivity contribution in [1.29, 1.82) is 0 Å². The van der Waals surface area contributed by atoms with Gasteiger partial charge in [-0.15, -0.1) is 11.8 Å². The van der Waals surface area contributed by atoms with E-state index in [0.717, 1.165) is 12.8 Å². The zero-order chi connectivity index (χ0) is 16.4. The lowest BCUT2D eigenvalue weighted by Crippen LogP contribution is -2.24. The van der Waals surface area contributed by atoms with Gasteiger partial charge in [0.15, 0.2) is 0 Å². The number of carbonyl (C=O) groups excluding carboxylic acids is 1. The SMILES string of the molecule is CCCCCCC1(CCCCC(=O)OCC)C=C(I)SC1I. The Balaban J connectivity index is 2.44. The topological polar surface area (TPSA) is 26.3 Å². The lowest BCUT2D eigenvalue weighted by Gasteiger charge is -2.31. The maximum atomic E-state index is 11.4. The van der Waals surface area contributed by atoms with Gasteiger partial charge in [0.05, 0.1) is 9.86 Å². The fraction of sp³-hybridized carbons (Fsp3) is 0.824. The molecule has 22 heavy (non-hydrogen) atoms. The predicted molar refractivity (Wildman–Crippen MR) is 114 cm³/mol. The predicted octanol–water partition coefficient (Wildman–Crippen LogP) is 6.85. The van der Waals surface area contributed by atoms with Crippen LogP contribution < -0.4 is 0 Å². The molecule has 0 aromatic heterocycles. The molecule has 1 aliphatic rings. The second kappa shape index (κ2) is 11.6. The number of hydrogen-bond donors (Lipinski definition) is 0. The highest BCUT2D eigenvalue weighted by Crippen LogP contribution is 2.55. The first-order valence-corrected chi connectivity index (χ1v) is 11.6. The van der Waals surface area contributed by atoms with Crippen LogP contribution in [0.1, 0.15) is 71.6 Å². The van der Waals surface area contributed by atoms with Crippen molar-refractivity contribution >= 4 is 62.9 Å². The van der Waals surface area contributed by atoms with Gasteiger partial charge in [0.25, 0.3) is 0 Å². The second-order valence-electron chi connectivity index (χ2n) is 5.94. The maximum Gasteiger partial charge on any atom is 0.305 e. The Hall–Kier alpha value is 1.02. The van der Waals surface area contributed by atoms with Crippen LogP contribution in [-0.4, -0.2) is 15.8 Å². The van der Waals surface area contributed by atoms with Crippen LogP contribution in [0.3, 0.4) is 0 Å². The molecule has 0 aliphatic carbocycles. The molecule has 1 aliphatic heterocycles. The zero-order valence-corrected chi connectivity index (χ0v) is 18.8. The van der Waals surface area contributed by atoms with Gasteiger partial charge in [-0.05, 0) is 48.8 Å². The summed E-state index contributed by atoms with van der Waals surface area (Å²) in [5.74, 6) is -0.0450. The number of halogens is 2. The van der Waals surface area contributed by atoms with Gasteiger partial charge < -0.3 is 4.74 Å². The molecule has 2 atom stereocenters. The van der Waals surface area contributed by atoms with Crippen molar-refractivity contribution in [2.45, 2.75) is 74.9 Å². The first kappa shape index (κ1) is 21.1. The average Bonchev–Trinajstić information content (AvgIpc) is 2.75. The van der Waals surface area contributed by atoms with Gasteiger partial charge in [0.2, 0.25) is 0 Å². The maximum absolute atomic E-state index is 11.4. The highest BCUT2D eigenvalue weighted by molar-refractivity contribution is 14.1. The van der Waals surface area contributed by atoms with Gasteiger partial charge in [0, 0.05) is 14.7 Å². The van der Waals surface area contributed by atoms with Crippen molar-refractivity contribution in [2.24, 2.45) is 5.41 Å². The van der Waals surface area contributed by atoms with Crippen LogP contribution in [0.4, 0.5) is 0 Å². The number of allylic oxidation sites excluding steroid dienone is 1. The lowest BCUT2D eigenvalue weighted by atomic mass is 9.80. The van der Waals surface area contributed by atoms with Crippen LogP contribution in [0.5, 0.6) is 0 Å². The number of unbranched alkanes of at least 4 members (excludes halogenated alkanes) is 4. The van der Waals surface area contributed by atoms with E-state index < -0.39 is 0 Å². The van der Waals surface area contributed by atoms with E-state index in [-0.39, 0.29) is 5.97 Å². The number of esters is 1. The monoisotopic (exact) mass is 550 g/mol. The smallest absolute Gasteiger partial charge is 0.305 e. The van der Waals surface area contributed by atoms with Crippen LogP contribution in [0, 0.1) is 5.41 Å². The van der Waals surface area contributed by atoms with Crippen LogP contribution in [0.2, 0.25) is 0 Å². The average molecular weight is 550 g/mol. The number of hydrogen-bond acceptors (Lipinski definition) is 3. The van der Waals surface area contributed by atoms with Gasteiger partial charge in [-0.1, -0.05) is 67.7 Å². The van der Waals surface area contributed by atoms with Gasteiger partial charge >= 0.3 is 5.97 Å². The van der Waals surface area contributed by atoms with Gasteiger partial charge in [-0.3, -0.25) is 4.79 Å². The molecule has 0 N–H and O–H groups in total. The fourth-order valence-corrected chi connectivity index (χ4v) is 8.38. The van der Waals surface area contributed by atoms with E-state index in [2.05, 4.69) is 58.2 Å². The molecule has 1 rings (SSSR count). The van der Waals surface area contributed by atoms with E-state index >= 15 is 0 Å². The highest BCUT2D eigenvalue weighted by atomic mass is 127. The van der Waals surface area contributed by atoms with E-state index in [1.165, 1.54) is 41.4 Å². The minimum Gasteiger partial charge on any atom is -0.466 e. The minimum atomic E-state index is -0.0450. The molecular weight excluding hydrogens is 522 g/mol. The third-order valence-electron chi connectivity index (χ3n) is 4.14. The van der Waals surface area contributed by atoms with Gasteiger partial charge in [-0.25, -0.2) is 0 Å². The first-order chi connectivity index (χ1) is 10.5. The summed E-state index contributed by atoms with van der Waals surface area (Å²) < 4.78 is 7.09. The summed E-state index contributed by atoms with van der Waals surface area (Å²) in [6, 6.07) is 0. The molecule has 128 valence electrons. The van der Waals surface area contributed by atoms with Crippen LogP contribution >= 0.6 is 56.9 Å². The molecule has 2 unspecified atom stereocenters. The molecule has 0 amide bonds. The minimum absolute atomic E-state index is 0.0450. The Morgan fingerprint density at radius 2 is 1.91 bits per heavy atom. The Labute approximate surface area is 167 Å². The van der Waals surface area contributed by atoms with Gasteiger partial charge in [-0.2, -0.15) is 0 Å². The quantitative estimate of drug-likeness (QED) is 0.122. The zero-order valence-electron chi connectivity index (χ0n) is 13.7. The fourth-order valence-electron chi connectivity index (χ4n) is 2.88. The first-order valence-electron chi connectivity index (χ1n) is 8.38. The molecule has 0 aromatic rings. The van der Waals surface area contributed by atoms with Crippen LogP contribution in [0.15, 0.2) is 8.99 Å². The van der Waals surface area contributed by atoms with Crippen molar-refractivity contribution in [2.75, 3.05) is 6.61 Å². The van der Waals surface area contributed by atoms with Crippen molar-refractivity contribution in [3.63, 3.8) is 0 Å². The summed E-state index contributed by atoms with van der Waals surface area (Å²) in [7, 11) is 0. The third-order valence-corrected chi connectivity index (χ3v) is 8.24. The van der Waals surface area contributed by atoms with Crippen molar-refractivity contribution in [3.05, 3.63) is 8.99 Å². The summed E-state index contributed by atoms with van der Waals surface area (Å²) in [6.07, 6.45) is 12.9. The van der Waals surface area contributed by atoms with E-state index in [4.69, 9.17) is 4.74 Å². The largest absolute Gasteiger partial charge is 0.466 e. The Bertz CT molecular complexity index is 374. The summed E-state index contributed by atoms with van der Waals surface area (Å²) in [6.45, 7) is 4.63. The molecule has 1 heterocycles. The summed E-state index contributed by atoms with van der Waals surface area (Å²) in [5.41, 5.74) is 0.337. The Morgan fingerprint density at radius 3 is 2.45 bits per heavy atom. The molecular formula is C17H28I2O2S. The van der Waals surface area contributed by atoms with Crippen molar-refractivity contribution in [1.82, 2.24) is 0 Å². The van der Waals surface area contributed by atoms with Crippen molar-refractivity contribution < 1.29 is 9.53 Å². The molecule has 0 aromatic carbocycles. The standard InChI is InChI=1S/C17H28I2O2S/c1-3-5-6-8-11-17(13-14(18)22-16(17)19)12-9-7-10-15(20)21-4-2/h13,16H,3-12H2,1-2H3. The summed E-state index contributed by atoms with van der Waals surface area (Å²) in [5, 5.41) is 0. The van der Waals surface area contributed by atoms with E-state index in [0.29, 0.717) is 21.7 Å². The number of rotatable bonds is 11. The summed E-state index contributed by atoms with van der Waals surface area (Å²) >= 11 is 7.09. The molecule has 0 saturated heterocycles. The van der Waals surface area contributed by atoms with Crippen molar-refractivity contribution in [3.8, 4) is 0 Å². The van der Waals surface area contributed by atoms with Crippen LogP contribution in [-0.2, 0) is 9.53 Å². The van der Waals surface area contributed by atoms with E-state index in [9.17, 15) is 4.79 Å². The van der Waals surface area contributed by atoms with Crippen LogP contribution in [0.25, 0.3) is 0 Å². The molecule has 0 bridgehead atoms. The normalized spacial score (nSPS) is 24.4. The lowest BCUT2D eigenvalue weighted by molar-refractivity contribution is -0.143.